The summed E-state index contributed by atoms with van der Waals surface area (Å²) in [5.74, 6) is -0.439. The Balaban J connectivity index is 1.52. The lowest BCUT2D eigenvalue weighted by Gasteiger charge is -2.46. The highest BCUT2D eigenvalue weighted by atomic mass is 32.3. The number of ether oxygens (including phenoxy) is 1. The van der Waals surface area contributed by atoms with Crippen molar-refractivity contribution in [3.63, 3.8) is 0 Å². The number of nitrogens with one attached hydrogen (secondary N) is 2. The predicted octanol–water partition coefficient (Wildman–Crippen LogP) is 6.19. The van der Waals surface area contributed by atoms with Gasteiger partial charge in [0.1, 0.15) is 5.75 Å². The van der Waals surface area contributed by atoms with Crippen LogP contribution < -0.4 is 14.8 Å². The van der Waals surface area contributed by atoms with Crippen LogP contribution in [0.5, 0.6) is 5.75 Å². The Bertz CT molecular complexity index is 1240. The average Bonchev–Trinajstić information content (AvgIpc) is 2.78. The summed E-state index contributed by atoms with van der Waals surface area (Å²) < 4.78 is 69.1. The first kappa shape index (κ1) is 25.6. The first-order chi connectivity index (χ1) is 16.4. The third kappa shape index (κ3) is 6.22. The molecule has 0 aromatic heterocycles. The Hall–Kier alpha value is -2.46. The monoisotopic (exact) mass is 508 g/mol. The number of alkyl halides is 3. The van der Waals surface area contributed by atoms with Gasteiger partial charge in [-0.05, 0) is 60.4 Å². The summed E-state index contributed by atoms with van der Waals surface area (Å²) in [4.78, 5) is 0.0166. The summed E-state index contributed by atoms with van der Waals surface area (Å²) in [5.41, 5.74) is 1.16. The number of rotatable bonds is 7. The molecule has 0 saturated heterocycles. The molecule has 3 atom stereocenters. The van der Waals surface area contributed by atoms with E-state index in [0.717, 1.165) is 47.7 Å². The van der Waals surface area contributed by atoms with Gasteiger partial charge >= 0.3 is 6.36 Å². The molecule has 35 heavy (non-hydrogen) atoms. The lowest BCUT2D eigenvalue weighted by Crippen LogP contribution is -2.59. The number of benzene rings is 3. The molecular formula is C26H31F3N2O3S. The minimum absolute atomic E-state index is 0.0119. The van der Waals surface area contributed by atoms with Crippen LogP contribution in [-0.2, 0) is 9.53 Å². The van der Waals surface area contributed by atoms with Gasteiger partial charge in [-0.2, -0.15) is 4.21 Å². The fourth-order valence-corrected chi connectivity index (χ4v) is 6.81. The number of halogens is 3. The van der Waals surface area contributed by atoms with Gasteiger partial charge < -0.3 is 10.1 Å². The van der Waals surface area contributed by atoms with Crippen molar-refractivity contribution in [2.45, 2.75) is 62.0 Å². The van der Waals surface area contributed by atoms with Gasteiger partial charge in [0.2, 0.25) is 0 Å². The smallest absolute Gasteiger partial charge is 0.406 e. The molecule has 1 fully saturated rings. The Morgan fingerprint density at radius 1 is 0.971 bits per heavy atom. The second kappa shape index (κ2) is 9.54. The molecule has 3 aromatic rings. The Morgan fingerprint density at radius 3 is 2.29 bits per heavy atom. The van der Waals surface area contributed by atoms with Crippen LogP contribution in [0, 0.1) is 0 Å². The van der Waals surface area contributed by atoms with Crippen LogP contribution in [0.2, 0.25) is 0 Å². The van der Waals surface area contributed by atoms with Crippen LogP contribution in [-0.4, -0.2) is 33.5 Å². The van der Waals surface area contributed by atoms with E-state index in [1.54, 1.807) is 0 Å². The average molecular weight is 509 g/mol. The molecule has 0 aliphatic heterocycles. The fourth-order valence-electron chi connectivity index (χ4n) is 4.90. The molecule has 190 valence electrons. The van der Waals surface area contributed by atoms with Gasteiger partial charge in [0.05, 0.1) is 4.90 Å². The van der Waals surface area contributed by atoms with Crippen molar-refractivity contribution in [1.29, 1.82) is 0 Å². The maximum Gasteiger partial charge on any atom is 0.573 e. The molecule has 0 heterocycles. The van der Waals surface area contributed by atoms with Gasteiger partial charge in [0.15, 0.2) is 0 Å². The Kier molecular flexibility index (Phi) is 6.98. The summed E-state index contributed by atoms with van der Waals surface area (Å²) >= 11 is 0. The molecule has 9 heteroatoms. The Labute approximate surface area is 203 Å². The largest absolute Gasteiger partial charge is 0.573 e. The topological polar surface area (TPSA) is 70.6 Å². The molecule has 1 aliphatic rings. The molecule has 0 amide bonds. The summed E-state index contributed by atoms with van der Waals surface area (Å²) in [6.07, 6.45) is -0.153. The van der Waals surface area contributed by atoms with E-state index < -0.39 is 21.6 Å². The summed E-state index contributed by atoms with van der Waals surface area (Å²) in [7, 11) is -4.54. The van der Waals surface area contributed by atoms with Crippen molar-refractivity contribution < 1.29 is 26.7 Å². The molecule has 0 bridgehead atoms. The fraction of sp³-hybridized carbons (Fsp3) is 0.385. The quantitative estimate of drug-likeness (QED) is 0.356. The van der Waals surface area contributed by atoms with Crippen LogP contribution in [0.1, 0.15) is 44.2 Å². The summed E-state index contributed by atoms with van der Waals surface area (Å²) in [6.45, 7) is 2.09. The molecule has 4 rings (SSSR count). The highest BCUT2D eigenvalue weighted by Crippen LogP contribution is 2.33. The second-order valence-electron chi connectivity index (χ2n) is 9.37. The SMILES string of the molecule is CC(N[C@H]1CCCCC1NS(C)(=O)(O)c1ccc(OC(F)(F)F)cc1)c1cccc2ccccc12. The zero-order chi connectivity index (χ0) is 25.3. The highest BCUT2D eigenvalue weighted by molar-refractivity contribution is 8.12. The zero-order valence-electron chi connectivity index (χ0n) is 19.7. The van der Waals surface area contributed by atoms with Crippen LogP contribution >= 0.6 is 0 Å². The third-order valence-corrected chi connectivity index (χ3v) is 8.80. The van der Waals surface area contributed by atoms with E-state index in [2.05, 4.69) is 46.0 Å². The van der Waals surface area contributed by atoms with Crippen LogP contribution in [0.3, 0.4) is 0 Å². The zero-order valence-corrected chi connectivity index (χ0v) is 20.5. The maximum absolute atomic E-state index is 13.7. The summed E-state index contributed by atoms with van der Waals surface area (Å²) in [6, 6.07) is 18.6. The van der Waals surface area contributed by atoms with E-state index in [1.165, 1.54) is 18.4 Å². The van der Waals surface area contributed by atoms with Crippen molar-refractivity contribution in [3.05, 3.63) is 72.3 Å². The van der Waals surface area contributed by atoms with E-state index in [-0.39, 0.29) is 23.0 Å². The van der Waals surface area contributed by atoms with Gasteiger partial charge in [0, 0.05) is 24.4 Å². The van der Waals surface area contributed by atoms with E-state index in [0.29, 0.717) is 6.42 Å². The van der Waals surface area contributed by atoms with Gasteiger partial charge in [-0.3, -0.25) is 4.55 Å². The molecule has 1 saturated carbocycles. The predicted molar refractivity (Wildman–Crippen MR) is 133 cm³/mol. The molecule has 3 N–H and O–H groups in total. The van der Waals surface area contributed by atoms with Crippen LogP contribution in [0.25, 0.3) is 10.8 Å². The van der Waals surface area contributed by atoms with Gasteiger partial charge in [-0.25, -0.2) is 4.72 Å². The minimum atomic E-state index is -4.83. The number of fused-ring (bicyclic) bond motifs is 1. The van der Waals surface area contributed by atoms with Gasteiger partial charge in [-0.1, -0.05) is 55.3 Å². The van der Waals surface area contributed by atoms with Crippen molar-refractivity contribution in [1.82, 2.24) is 10.0 Å². The maximum atomic E-state index is 13.7. The molecule has 5 nitrogen and oxygen atoms in total. The van der Waals surface area contributed by atoms with Crippen LogP contribution in [0.15, 0.2) is 71.6 Å². The van der Waals surface area contributed by atoms with Crippen LogP contribution in [0.4, 0.5) is 13.2 Å². The van der Waals surface area contributed by atoms with E-state index in [1.807, 2.05) is 18.2 Å². The third-order valence-electron chi connectivity index (χ3n) is 6.56. The lowest BCUT2D eigenvalue weighted by atomic mass is 9.89. The molecule has 3 aromatic carbocycles. The molecule has 0 spiro atoms. The van der Waals surface area contributed by atoms with E-state index in [9.17, 15) is 21.9 Å². The minimum Gasteiger partial charge on any atom is -0.406 e. The number of hydrogen-bond acceptors (Lipinski definition) is 3. The first-order valence-electron chi connectivity index (χ1n) is 11.7. The standard InChI is InChI=1S/C26H31F3N2O3S/c1-18(22-11-7-9-19-8-3-4-10-23(19)22)30-24-12-5-6-13-25(24)31-35(2,32,33)21-16-14-20(15-17-21)34-26(27,28)29/h3-4,7-11,14-18,24-25,30H,5-6,12-13H2,1-2H3,(H2,31,32,33)/t18?,24-,25?/m0/s1. The highest BCUT2D eigenvalue weighted by Gasteiger charge is 2.35. The second-order valence-corrected chi connectivity index (χ2v) is 12.6. The molecule has 0 radical (unpaired) electrons. The van der Waals surface area contributed by atoms with Crippen molar-refractivity contribution in [2.24, 2.45) is 0 Å². The van der Waals surface area contributed by atoms with Gasteiger partial charge in [0.25, 0.3) is 0 Å². The normalized spacial score (nSPS) is 21.3. The van der Waals surface area contributed by atoms with Crippen molar-refractivity contribution >= 4 is 20.3 Å². The van der Waals surface area contributed by atoms with E-state index >= 15 is 0 Å². The van der Waals surface area contributed by atoms with Gasteiger partial charge in [-0.15, -0.1) is 22.7 Å². The van der Waals surface area contributed by atoms with E-state index in [4.69, 9.17) is 0 Å². The Morgan fingerprint density at radius 2 is 1.60 bits per heavy atom. The summed E-state index contributed by atoms with van der Waals surface area (Å²) in [5, 5.41) is 5.98. The molecule has 1 aliphatic carbocycles. The van der Waals surface area contributed by atoms with Crippen molar-refractivity contribution in [2.75, 3.05) is 6.26 Å². The number of hydrogen-bond donors (Lipinski definition) is 3. The lowest BCUT2D eigenvalue weighted by molar-refractivity contribution is -0.274. The molecule has 2 unspecified atom stereocenters. The first-order valence-corrected chi connectivity index (χ1v) is 14.0. The molecular weight excluding hydrogens is 477 g/mol. The van der Waals surface area contributed by atoms with Crippen molar-refractivity contribution in [3.8, 4) is 5.75 Å².